The fraction of sp³-hybridized carbons (Fsp3) is 0. The highest BCUT2D eigenvalue weighted by Crippen LogP contribution is 2.45. The molecule has 0 N–H and O–H groups in total. The molecule has 4 heteroatoms. The van der Waals surface area contributed by atoms with Gasteiger partial charge in [0, 0.05) is 44.2 Å². The second-order valence-corrected chi connectivity index (χ2v) is 10.2. The van der Waals surface area contributed by atoms with Gasteiger partial charge in [-0.2, -0.15) is 0 Å². The van der Waals surface area contributed by atoms with Gasteiger partial charge in [-0.05, 0) is 48.5 Å². The van der Waals surface area contributed by atoms with Crippen LogP contribution in [0.1, 0.15) is 0 Å². The van der Waals surface area contributed by atoms with Gasteiger partial charge in [-0.1, -0.05) is 78.9 Å². The first kappa shape index (κ1) is 21.5. The van der Waals surface area contributed by atoms with E-state index >= 15 is 0 Å². The molecule has 40 heavy (non-hydrogen) atoms. The van der Waals surface area contributed by atoms with E-state index in [1.54, 1.807) is 0 Å². The topological polar surface area (TPSA) is 35.6 Å². The third-order valence-corrected chi connectivity index (χ3v) is 8.11. The van der Waals surface area contributed by atoms with Crippen molar-refractivity contribution in [3.05, 3.63) is 134 Å². The molecule has 9 aromatic rings. The summed E-state index contributed by atoms with van der Waals surface area (Å²) in [5.74, 6) is 0.902. The van der Waals surface area contributed by atoms with Crippen LogP contribution in [-0.2, 0) is 0 Å². The summed E-state index contributed by atoms with van der Waals surface area (Å²) in [6.45, 7) is 0. The molecule has 5 aromatic carbocycles. The van der Waals surface area contributed by atoms with Crippen molar-refractivity contribution in [2.45, 2.75) is 0 Å². The van der Waals surface area contributed by atoms with Gasteiger partial charge in [-0.3, -0.25) is 9.55 Å². The molecule has 0 aliphatic carbocycles. The van der Waals surface area contributed by atoms with Crippen molar-refractivity contribution in [3.8, 4) is 11.5 Å². The molecule has 0 amide bonds. The van der Waals surface area contributed by atoms with Crippen LogP contribution in [0.25, 0.3) is 76.9 Å². The Hall–Kier alpha value is -5.48. The lowest BCUT2D eigenvalue weighted by atomic mass is 10.0. The van der Waals surface area contributed by atoms with E-state index in [1.165, 1.54) is 16.2 Å². The molecule has 0 radical (unpaired) electrons. The molecular formula is C36H22N4. The lowest BCUT2D eigenvalue weighted by Crippen LogP contribution is -2.01. The van der Waals surface area contributed by atoms with E-state index in [2.05, 4.69) is 130 Å². The summed E-state index contributed by atoms with van der Waals surface area (Å²) in [7, 11) is 0. The summed E-state index contributed by atoms with van der Waals surface area (Å²) in [5, 5.41) is 7.02. The number of nitrogens with zero attached hydrogens (tertiary/aromatic N) is 4. The quantitative estimate of drug-likeness (QED) is 0.233. The van der Waals surface area contributed by atoms with Crippen LogP contribution >= 0.6 is 0 Å². The Morgan fingerprint density at radius 3 is 1.98 bits per heavy atom. The van der Waals surface area contributed by atoms with Gasteiger partial charge in [-0.15, -0.1) is 0 Å². The Morgan fingerprint density at radius 2 is 1.12 bits per heavy atom. The van der Waals surface area contributed by atoms with Gasteiger partial charge >= 0.3 is 0 Å². The van der Waals surface area contributed by atoms with E-state index in [0.29, 0.717) is 0 Å². The van der Waals surface area contributed by atoms with Gasteiger partial charge in [0.2, 0.25) is 0 Å². The molecule has 0 fully saturated rings. The largest absolute Gasteiger partial charge is 0.307 e. The number of hydrogen-bond acceptors (Lipinski definition) is 2. The van der Waals surface area contributed by atoms with E-state index < -0.39 is 0 Å². The SMILES string of the molecule is c1ccc(-n2c3ccccc3c3c4ncccc4c4c5ccccc5n(-c5ccc6ccccc6n5)c4c32)cc1. The zero-order valence-corrected chi connectivity index (χ0v) is 21.5. The van der Waals surface area contributed by atoms with Crippen LogP contribution in [0.15, 0.2) is 134 Å². The number of benzene rings is 5. The number of pyridine rings is 2. The normalized spacial score (nSPS) is 12.0. The minimum absolute atomic E-state index is 0.902. The summed E-state index contributed by atoms with van der Waals surface area (Å²) in [6.07, 6.45) is 1.91. The Balaban J connectivity index is 1.63. The van der Waals surface area contributed by atoms with Crippen LogP contribution in [0.4, 0.5) is 0 Å². The van der Waals surface area contributed by atoms with Gasteiger partial charge in [0.05, 0.1) is 33.1 Å². The van der Waals surface area contributed by atoms with Crippen molar-refractivity contribution < 1.29 is 0 Å². The van der Waals surface area contributed by atoms with Gasteiger partial charge in [0.25, 0.3) is 0 Å². The maximum atomic E-state index is 5.20. The van der Waals surface area contributed by atoms with Crippen molar-refractivity contribution in [2.75, 3.05) is 0 Å². The Bertz CT molecular complexity index is 2430. The van der Waals surface area contributed by atoms with Crippen molar-refractivity contribution in [1.29, 1.82) is 0 Å². The van der Waals surface area contributed by atoms with Crippen LogP contribution in [0.3, 0.4) is 0 Å². The van der Waals surface area contributed by atoms with Crippen LogP contribution in [0.2, 0.25) is 0 Å². The number of para-hydroxylation sites is 4. The minimum atomic E-state index is 0.902. The monoisotopic (exact) mass is 510 g/mol. The van der Waals surface area contributed by atoms with Gasteiger partial charge in [-0.25, -0.2) is 4.98 Å². The summed E-state index contributed by atoms with van der Waals surface area (Å²) in [5.41, 5.74) is 7.68. The molecule has 0 unspecified atom stereocenters. The first-order valence-electron chi connectivity index (χ1n) is 13.5. The van der Waals surface area contributed by atoms with Crippen molar-refractivity contribution >= 4 is 65.4 Å². The third kappa shape index (κ3) is 2.79. The van der Waals surface area contributed by atoms with E-state index in [4.69, 9.17) is 9.97 Å². The molecule has 0 saturated heterocycles. The standard InChI is InChI=1S/C36H22N4/c1-2-12-24(13-3-1)39-29-18-8-6-15-26(29)33-34-27(16-10-22-37-34)32-25-14-5-9-19-30(25)40(35(32)36(33)39)31-21-20-23-11-4-7-17-28(23)38-31/h1-22H. The molecule has 0 spiro atoms. The second kappa shape index (κ2) is 8.01. The predicted octanol–water partition coefficient (Wildman–Crippen LogP) is 8.98. The summed E-state index contributed by atoms with van der Waals surface area (Å²) in [6, 6.07) is 44.9. The summed E-state index contributed by atoms with van der Waals surface area (Å²) in [4.78, 5) is 10.2. The zero-order chi connectivity index (χ0) is 26.2. The number of aromatic nitrogens is 4. The van der Waals surface area contributed by atoms with Crippen LogP contribution in [0.5, 0.6) is 0 Å². The Labute approximate surface area is 229 Å². The lowest BCUT2D eigenvalue weighted by molar-refractivity contribution is 1.10. The molecule has 0 atom stereocenters. The molecule has 0 saturated carbocycles. The van der Waals surface area contributed by atoms with Crippen molar-refractivity contribution in [3.63, 3.8) is 0 Å². The average molecular weight is 511 g/mol. The number of fused-ring (bicyclic) bond motifs is 11. The summed E-state index contributed by atoms with van der Waals surface area (Å²) < 4.78 is 4.75. The fourth-order valence-corrected chi connectivity index (χ4v) is 6.51. The first-order valence-corrected chi connectivity index (χ1v) is 13.5. The molecule has 4 nitrogen and oxygen atoms in total. The molecule has 4 aromatic heterocycles. The first-order chi connectivity index (χ1) is 19.9. The van der Waals surface area contributed by atoms with Crippen LogP contribution in [0, 0.1) is 0 Å². The molecule has 9 rings (SSSR count). The lowest BCUT2D eigenvalue weighted by Gasteiger charge is -2.13. The highest BCUT2D eigenvalue weighted by Gasteiger charge is 2.25. The maximum Gasteiger partial charge on any atom is 0.138 e. The Morgan fingerprint density at radius 1 is 0.475 bits per heavy atom. The highest BCUT2D eigenvalue weighted by molar-refractivity contribution is 6.35. The van der Waals surface area contributed by atoms with Crippen molar-refractivity contribution in [2.24, 2.45) is 0 Å². The van der Waals surface area contributed by atoms with Crippen LogP contribution in [-0.4, -0.2) is 19.1 Å². The van der Waals surface area contributed by atoms with Crippen molar-refractivity contribution in [1.82, 2.24) is 19.1 Å². The average Bonchev–Trinajstić information content (AvgIpc) is 3.55. The smallest absolute Gasteiger partial charge is 0.138 e. The van der Waals surface area contributed by atoms with E-state index in [0.717, 1.165) is 60.8 Å². The highest BCUT2D eigenvalue weighted by atomic mass is 15.1. The zero-order valence-electron chi connectivity index (χ0n) is 21.5. The van der Waals surface area contributed by atoms with E-state index in [1.807, 2.05) is 12.3 Å². The maximum absolute atomic E-state index is 5.20. The van der Waals surface area contributed by atoms with Gasteiger partial charge in [0.1, 0.15) is 5.82 Å². The number of hydrogen-bond donors (Lipinski definition) is 0. The Kier molecular flexibility index (Phi) is 4.30. The predicted molar refractivity (Wildman–Crippen MR) is 166 cm³/mol. The summed E-state index contributed by atoms with van der Waals surface area (Å²) >= 11 is 0. The molecular weight excluding hydrogens is 488 g/mol. The fourth-order valence-electron chi connectivity index (χ4n) is 6.51. The molecule has 186 valence electrons. The molecule has 4 heterocycles. The van der Waals surface area contributed by atoms with Crippen LogP contribution < -0.4 is 0 Å². The molecule has 0 bridgehead atoms. The van der Waals surface area contributed by atoms with Gasteiger partial charge in [0.15, 0.2) is 0 Å². The molecule has 0 aliphatic rings. The van der Waals surface area contributed by atoms with E-state index in [9.17, 15) is 0 Å². The minimum Gasteiger partial charge on any atom is -0.307 e. The third-order valence-electron chi connectivity index (χ3n) is 8.11. The second-order valence-electron chi connectivity index (χ2n) is 10.2. The molecule has 0 aliphatic heterocycles. The van der Waals surface area contributed by atoms with Gasteiger partial charge < -0.3 is 4.57 Å². The number of rotatable bonds is 2. The van der Waals surface area contributed by atoms with E-state index in [-0.39, 0.29) is 0 Å².